The van der Waals surface area contributed by atoms with Crippen LogP contribution in [0.25, 0.3) is 0 Å². The van der Waals surface area contributed by atoms with Crippen molar-refractivity contribution in [2.24, 2.45) is 0 Å². The van der Waals surface area contributed by atoms with Crippen molar-refractivity contribution in [3.63, 3.8) is 0 Å². The Balaban J connectivity index is 1.92. The van der Waals surface area contributed by atoms with Crippen LogP contribution < -0.4 is 5.32 Å². The van der Waals surface area contributed by atoms with Gasteiger partial charge >= 0.3 is 0 Å². The summed E-state index contributed by atoms with van der Waals surface area (Å²) in [5.41, 5.74) is 2.10. The molecule has 19 heavy (non-hydrogen) atoms. The largest absolute Gasteiger partial charge is 0.313 e. The molecule has 0 heterocycles. The molecule has 0 aliphatic rings. The van der Waals surface area contributed by atoms with Crippen molar-refractivity contribution in [3.8, 4) is 0 Å². The van der Waals surface area contributed by atoms with Gasteiger partial charge in [-0.15, -0.1) is 0 Å². The fourth-order valence-electron chi connectivity index (χ4n) is 2.37. The second kappa shape index (κ2) is 7.05. The monoisotopic (exact) mass is 257 g/mol. The van der Waals surface area contributed by atoms with Crippen molar-refractivity contribution in [3.05, 3.63) is 71.5 Å². The maximum Gasteiger partial charge on any atom is 0.127 e. The van der Waals surface area contributed by atoms with Crippen LogP contribution in [0.3, 0.4) is 0 Å². The molecule has 0 saturated carbocycles. The van der Waals surface area contributed by atoms with Gasteiger partial charge < -0.3 is 5.32 Å². The molecule has 100 valence electrons. The van der Waals surface area contributed by atoms with E-state index in [0.717, 1.165) is 24.8 Å². The van der Waals surface area contributed by atoms with Gasteiger partial charge in [0, 0.05) is 11.6 Å². The van der Waals surface area contributed by atoms with Gasteiger partial charge in [0.2, 0.25) is 0 Å². The quantitative estimate of drug-likeness (QED) is 0.821. The summed E-state index contributed by atoms with van der Waals surface area (Å²) in [5, 5.41) is 3.21. The molecule has 2 aromatic carbocycles. The summed E-state index contributed by atoms with van der Waals surface area (Å²) in [6.45, 7) is 0. The minimum atomic E-state index is -0.124. The molecule has 1 N–H and O–H groups in total. The van der Waals surface area contributed by atoms with E-state index < -0.39 is 0 Å². The number of aryl methyl sites for hydroxylation is 1. The molecule has 1 atom stereocenters. The lowest BCUT2D eigenvalue weighted by Gasteiger charge is -2.17. The molecule has 1 unspecified atom stereocenters. The molecule has 2 rings (SSSR count). The van der Waals surface area contributed by atoms with E-state index in [1.165, 1.54) is 11.6 Å². The van der Waals surface area contributed by atoms with E-state index in [1.807, 2.05) is 25.2 Å². The minimum absolute atomic E-state index is 0.0879. The second-order valence-corrected chi connectivity index (χ2v) is 4.74. The first-order chi connectivity index (χ1) is 9.31. The summed E-state index contributed by atoms with van der Waals surface area (Å²) in [7, 11) is 1.89. The van der Waals surface area contributed by atoms with Crippen molar-refractivity contribution in [2.45, 2.75) is 25.3 Å². The third kappa shape index (κ3) is 3.90. The van der Waals surface area contributed by atoms with Crippen LogP contribution in [0.4, 0.5) is 4.39 Å². The van der Waals surface area contributed by atoms with Gasteiger partial charge in [-0.2, -0.15) is 0 Å². The summed E-state index contributed by atoms with van der Waals surface area (Å²) in [6.07, 6.45) is 3.02. The van der Waals surface area contributed by atoms with Gasteiger partial charge in [0.15, 0.2) is 0 Å². The van der Waals surface area contributed by atoms with E-state index in [0.29, 0.717) is 0 Å². The molecule has 2 heteroatoms. The Hall–Kier alpha value is -1.67. The Bertz CT molecular complexity index is 496. The predicted octanol–water partition coefficient (Wildman–Crippen LogP) is 4.11. The van der Waals surface area contributed by atoms with Gasteiger partial charge in [0.1, 0.15) is 5.82 Å². The highest BCUT2D eigenvalue weighted by atomic mass is 19.1. The van der Waals surface area contributed by atoms with Crippen molar-refractivity contribution in [2.75, 3.05) is 7.05 Å². The number of hydrogen-bond donors (Lipinski definition) is 1. The number of nitrogens with one attached hydrogen (secondary N) is 1. The average Bonchev–Trinajstić information content (AvgIpc) is 2.46. The highest BCUT2D eigenvalue weighted by Gasteiger charge is 2.12. The lowest BCUT2D eigenvalue weighted by atomic mass is 9.99. The summed E-state index contributed by atoms with van der Waals surface area (Å²) in [4.78, 5) is 0. The van der Waals surface area contributed by atoms with Crippen molar-refractivity contribution in [1.82, 2.24) is 5.32 Å². The van der Waals surface area contributed by atoms with Crippen LogP contribution in [0.15, 0.2) is 54.6 Å². The molecule has 0 aliphatic carbocycles. The van der Waals surface area contributed by atoms with Gasteiger partial charge in [-0.3, -0.25) is 0 Å². The van der Waals surface area contributed by atoms with Crippen LogP contribution in [0.1, 0.15) is 30.0 Å². The Kier molecular flexibility index (Phi) is 5.10. The Labute approximate surface area is 114 Å². The number of rotatable bonds is 6. The summed E-state index contributed by atoms with van der Waals surface area (Å²) in [6, 6.07) is 17.5. The zero-order chi connectivity index (χ0) is 13.5. The highest BCUT2D eigenvalue weighted by molar-refractivity contribution is 5.21. The van der Waals surface area contributed by atoms with Crippen LogP contribution >= 0.6 is 0 Å². The molecule has 0 bridgehead atoms. The predicted molar refractivity (Wildman–Crippen MR) is 77.6 cm³/mol. The van der Waals surface area contributed by atoms with Gasteiger partial charge in [0.25, 0.3) is 0 Å². The number of benzene rings is 2. The van der Waals surface area contributed by atoms with E-state index in [9.17, 15) is 4.39 Å². The lowest BCUT2D eigenvalue weighted by Crippen LogP contribution is -2.17. The smallest absolute Gasteiger partial charge is 0.127 e. The molecule has 0 aliphatic heterocycles. The zero-order valence-corrected chi connectivity index (χ0v) is 11.3. The highest BCUT2D eigenvalue weighted by Crippen LogP contribution is 2.21. The van der Waals surface area contributed by atoms with Gasteiger partial charge in [-0.25, -0.2) is 4.39 Å². The average molecular weight is 257 g/mol. The molecule has 0 amide bonds. The lowest BCUT2D eigenvalue weighted by molar-refractivity contribution is 0.494. The molecule has 1 nitrogen and oxygen atoms in total. The Morgan fingerprint density at radius 1 is 1.00 bits per heavy atom. The third-order valence-corrected chi connectivity index (χ3v) is 3.43. The molecule has 0 saturated heterocycles. The summed E-state index contributed by atoms with van der Waals surface area (Å²) >= 11 is 0. The van der Waals surface area contributed by atoms with E-state index >= 15 is 0 Å². The maximum atomic E-state index is 13.7. The Morgan fingerprint density at radius 3 is 2.37 bits per heavy atom. The molecule has 0 fully saturated rings. The molecule has 0 aromatic heterocycles. The molecule has 0 radical (unpaired) electrons. The molecular formula is C17H20FN. The van der Waals surface area contributed by atoms with Crippen LogP contribution in [0.2, 0.25) is 0 Å². The third-order valence-electron chi connectivity index (χ3n) is 3.43. The van der Waals surface area contributed by atoms with Gasteiger partial charge in [-0.1, -0.05) is 48.5 Å². The van der Waals surface area contributed by atoms with Gasteiger partial charge in [0.05, 0.1) is 0 Å². The number of halogens is 1. The van der Waals surface area contributed by atoms with E-state index in [2.05, 4.69) is 29.6 Å². The van der Waals surface area contributed by atoms with E-state index in [4.69, 9.17) is 0 Å². The van der Waals surface area contributed by atoms with Crippen molar-refractivity contribution < 1.29 is 4.39 Å². The fourth-order valence-corrected chi connectivity index (χ4v) is 2.37. The zero-order valence-electron chi connectivity index (χ0n) is 11.3. The first-order valence-corrected chi connectivity index (χ1v) is 6.77. The van der Waals surface area contributed by atoms with E-state index in [-0.39, 0.29) is 11.9 Å². The summed E-state index contributed by atoms with van der Waals surface area (Å²) < 4.78 is 13.7. The molecule has 2 aromatic rings. The van der Waals surface area contributed by atoms with Crippen molar-refractivity contribution >= 4 is 0 Å². The number of hydrogen-bond acceptors (Lipinski definition) is 1. The first-order valence-electron chi connectivity index (χ1n) is 6.77. The standard InChI is InChI=1S/C17H20FN/c1-19-17(15-11-5-6-12-16(15)18)13-7-10-14-8-3-2-4-9-14/h2-6,8-9,11-12,17,19H,7,10,13H2,1H3. The molecule has 0 spiro atoms. The van der Waals surface area contributed by atoms with Crippen LogP contribution in [-0.4, -0.2) is 7.05 Å². The van der Waals surface area contributed by atoms with Crippen molar-refractivity contribution in [1.29, 1.82) is 0 Å². The summed E-state index contributed by atoms with van der Waals surface area (Å²) in [5.74, 6) is -0.124. The first kappa shape index (κ1) is 13.8. The van der Waals surface area contributed by atoms with Crippen LogP contribution in [0.5, 0.6) is 0 Å². The van der Waals surface area contributed by atoms with Gasteiger partial charge in [-0.05, 0) is 37.9 Å². The maximum absolute atomic E-state index is 13.7. The fraction of sp³-hybridized carbons (Fsp3) is 0.294. The van der Waals surface area contributed by atoms with E-state index in [1.54, 1.807) is 6.07 Å². The molecular weight excluding hydrogens is 237 g/mol. The second-order valence-electron chi connectivity index (χ2n) is 4.74. The van der Waals surface area contributed by atoms with Crippen LogP contribution in [0, 0.1) is 5.82 Å². The Morgan fingerprint density at radius 2 is 1.68 bits per heavy atom. The SMILES string of the molecule is CNC(CCCc1ccccc1)c1ccccc1F. The van der Waals surface area contributed by atoms with Crippen LogP contribution in [-0.2, 0) is 6.42 Å². The normalized spacial score (nSPS) is 12.3. The topological polar surface area (TPSA) is 12.0 Å². The minimum Gasteiger partial charge on any atom is -0.313 e.